The van der Waals surface area contributed by atoms with Crippen molar-refractivity contribution in [3.63, 3.8) is 0 Å². The first kappa shape index (κ1) is 23.8. The van der Waals surface area contributed by atoms with Crippen molar-refractivity contribution < 1.29 is 19.1 Å². The van der Waals surface area contributed by atoms with E-state index in [1.165, 1.54) is 13.2 Å². The van der Waals surface area contributed by atoms with Crippen molar-refractivity contribution in [1.29, 1.82) is 10.5 Å². The molecule has 0 unspecified atom stereocenters. The van der Waals surface area contributed by atoms with Crippen molar-refractivity contribution >= 4 is 61.0 Å². The maximum absolute atomic E-state index is 12.8. The van der Waals surface area contributed by atoms with Crippen LogP contribution in [0.5, 0.6) is 5.75 Å². The molecule has 0 radical (unpaired) electrons. The van der Waals surface area contributed by atoms with E-state index in [1.54, 1.807) is 26.0 Å². The van der Waals surface area contributed by atoms with Gasteiger partial charge in [0.05, 0.1) is 29.3 Å². The molecule has 1 aromatic heterocycles. The molecule has 0 atom stereocenters. The van der Waals surface area contributed by atoms with Gasteiger partial charge in [0, 0.05) is 21.3 Å². The number of nitriles is 2. The van der Waals surface area contributed by atoms with Crippen molar-refractivity contribution in [2.24, 2.45) is 0 Å². The molecule has 1 heterocycles. The van der Waals surface area contributed by atoms with E-state index in [-0.39, 0.29) is 29.0 Å². The van der Waals surface area contributed by atoms with E-state index >= 15 is 0 Å². The highest BCUT2D eigenvalue weighted by molar-refractivity contribution is 9.11. The van der Waals surface area contributed by atoms with Gasteiger partial charge in [0.15, 0.2) is 5.78 Å². The fourth-order valence-electron chi connectivity index (χ4n) is 2.71. The topological polar surface area (TPSA) is 100 Å². The predicted octanol–water partition coefficient (Wildman–Crippen LogP) is 5.36. The zero-order valence-electron chi connectivity index (χ0n) is 16.3. The van der Waals surface area contributed by atoms with Crippen LogP contribution in [0.3, 0.4) is 0 Å². The van der Waals surface area contributed by atoms with Crippen LogP contribution in [-0.2, 0) is 16.0 Å². The fraction of sp³-hybridized carbons (Fsp3) is 0.238. The molecule has 0 amide bonds. The number of rotatable bonds is 7. The molecule has 2 rings (SSSR count). The Bertz CT molecular complexity index is 1120. The van der Waals surface area contributed by atoms with Crippen LogP contribution < -0.4 is 4.74 Å². The molecule has 9 heteroatoms. The largest absolute Gasteiger partial charge is 0.495 e. The predicted molar refractivity (Wildman–Crippen MR) is 120 cm³/mol. The quantitative estimate of drug-likeness (QED) is 0.261. The Hall–Kier alpha value is -2.46. The molecule has 2 aromatic rings. The molecule has 0 saturated heterocycles. The second-order valence-electron chi connectivity index (χ2n) is 5.97. The van der Waals surface area contributed by atoms with Gasteiger partial charge < -0.3 is 9.47 Å². The van der Waals surface area contributed by atoms with Gasteiger partial charge in [-0.1, -0.05) is 15.9 Å². The van der Waals surface area contributed by atoms with Gasteiger partial charge in [-0.3, -0.25) is 4.79 Å². The molecular weight excluding hydrogens is 536 g/mol. The average molecular weight is 552 g/mol. The summed E-state index contributed by atoms with van der Waals surface area (Å²) in [6.45, 7) is 3.53. The standard InChI is InChI=1S/C21H16Br2N2O4S/c1-4-29-21(27)20-11(2)15(10-25)18(30-20)8-17(26)13(9-24)5-12-6-14(22)7-16(23)19(12)28-3/h5-7H,4,8H2,1-3H3. The van der Waals surface area contributed by atoms with E-state index in [9.17, 15) is 20.1 Å². The number of thiophene rings is 1. The summed E-state index contributed by atoms with van der Waals surface area (Å²) in [5, 5.41) is 19.0. The van der Waals surface area contributed by atoms with Crippen molar-refractivity contribution in [3.05, 3.63) is 53.1 Å². The third-order valence-corrected chi connectivity index (χ3v) is 6.39. The van der Waals surface area contributed by atoms with Crippen molar-refractivity contribution in [1.82, 2.24) is 0 Å². The van der Waals surface area contributed by atoms with Crippen molar-refractivity contribution in [2.45, 2.75) is 20.3 Å². The minimum absolute atomic E-state index is 0.0917. The lowest BCUT2D eigenvalue weighted by Gasteiger charge is -2.09. The summed E-state index contributed by atoms with van der Waals surface area (Å²) < 4.78 is 11.8. The van der Waals surface area contributed by atoms with Crippen LogP contribution in [0.4, 0.5) is 0 Å². The van der Waals surface area contributed by atoms with Crippen LogP contribution >= 0.6 is 43.2 Å². The highest BCUT2D eigenvalue weighted by Crippen LogP contribution is 2.34. The summed E-state index contributed by atoms with van der Waals surface area (Å²) in [5.74, 6) is -0.521. The Morgan fingerprint density at radius 3 is 2.53 bits per heavy atom. The Morgan fingerprint density at radius 1 is 1.27 bits per heavy atom. The number of hydrogen-bond acceptors (Lipinski definition) is 7. The van der Waals surface area contributed by atoms with E-state index in [2.05, 4.69) is 31.9 Å². The van der Waals surface area contributed by atoms with E-state index in [0.717, 1.165) is 15.8 Å². The zero-order valence-corrected chi connectivity index (χ0v) is 20.3. The molecule has 0 aliphatic heterocycles. The minimum Gasteiger partial charge on any atom is -0.495 e. The van der Waals surface area contributed by atoms with Gasteiger partial charge in [-0.15, -0.1) is 11.3 Å². The third-order valence-electron chi connectivity index (χ3n) is 4.08. The fourth-order valence-corrected chi connectivity index (χ4v) is 5.28. The number of allylic oxidation sites excluding steroid dienone is 1. The number of Topliss-reactive ketones (excluding diaryl/α,β-unsaturated/α-hetero) is 1. The summed E-state index contributed by atoms with van der Waals surface area (Å²) in [6.07, 6.45) is 1.26. The lowest BCUT2D eigenvalue weighted by Crippen LogP contribution is -2.05. The molecule has 0 saturated carbocycles. The monoisotopic (exact) mass is 550 g/mol. The normalized spacial score (nSPS) is 10.8. The number of halogens is 2. The van der Waals surface area contributed by atoms with Gasteiger partial charge in [-0.05, 0) is 53.5 Å². The molecule has 0 fully saturated rings. The number of benzene rings is 1. The van der Waals surface area contributed by atoms with Gasteiger partial charge >= 0.3 is 5.97 Å². The number of methoxy groups -OCH3 is 1. The number of ketones is 1. The van der Waals surface area contributed by atoms with Crippen LogP contribution in [0.15, 0.2) is 26.7 Å². The Labute approximate surface area is 195 Å². The van der Waals surface area contributed by atoms with Crippen LogP contribution in [-0.4, -0.2) is 25.5 Å². The second kappa shape index (κ2) is 10.5. The summed E-state index contributed by atoms with van der Waals surface area (Å²) >= 11 is 7.80. The second-order valence-corrected chi connectivity index (χ2v) is 8.84. The maximum Gasteiger partial charge on any atom is 0.348 e. The number of nitrogens with zero attached hydrogens (tertiary/aromatic N) is 2. The molecule has 0 aliphatic carbocycles. The lowest BCUT2D eigenvalue weighted by molar-refractivity contribution is -0.114. The molecule has 0 N–H and O–H groups in total. The maximum atomic E-state index is 12.8. The number of esters is 1. The Morgan fingerprint density at radius 2 is 1.97 bits per heavy atom. The molecule has 0 bridgehead atoms. The molecular formula is C21H16Br2N2O4S. The highest BCUT2D eigenvalue weighted by Gasteiger charge is 2.23. The van der Waals surface area contributed by atoms with Crippen LogP contribution in [0.1, 0.15) is 38.2 Å². The molecule has 1 aromatic carbocycles. The SMILES string of the molecule is CCOC(=O)c1sc(CC(=O)C(C#N)=Cc2cc(Br)cc(Br)c2OC)c(C#N)c1C. The van der Waals surface area contributed by atoms with Crippen LogP contribution in [0, 0.1) is 29.6 Å². The summed E-state index contributed by atoms with van der Waals surface area (Å²) in [6, 6.07) is 7.47. The van der Waals surface area contributed by atoms with Gasteiger partial charge in [-0.25, -0.2) is 4.79 Å². The van der Waals surface area contributed by atoms with Crippen molar-refractivity contribution in [3.8, 4) is 17.9 Å². The minimum atomic E-state index is -0.532. The lowest BCUT2D eigenvalue weighted by atomic mass is 10.0. The first-order chi connectivity index (χ1) is 14.3. The molecule has 0 spiro atoms. The van der Waals surface area contributed by atoms with E-state index in [1.807, 2.05) is 12.1 Å². The molecule has 154 valence electrons. The van der Waals surface area contributed by atoms with Gasteiger partial charge in [-0.2, -0.15) is 10.5 Å². The van der Waals surface area contributed by atoms with E-state index in [0.29, 0.717) is 26.2 Å². The van der Waals surface area contributed by atoms with Gasteiger partial charge in [0.2, 0.25) is 0 Å². The van der Waals surface area contributed by atoms with Crippen LogP contribution in [0.2, 0.25) is 0 Å². The summed E-state index contributed by atoms with van der Waals surface area (Å²) in [4.78, 5) is 25.6. The number of hydrogen-bond donors (Lipinski definition) is 0. The Balaban J connectivity index is 2.43. The summed E-state index contributed by atoms with van der Waals surface area (Å²) in [7, 11) is 1.49. The van der Waals surface area contributed by atoms with E-state index < -0.39 is 11.8 Å². The third kappa shape index (κ3) is 5.17. The van der Waals surface area contributed by atoms with Gasteiger partial charge in [0.25, 0.3) is 0 Å². The zero-order chi connectivity index (χ0) is 22.4. The smallest absolute Gasteiger partial charge is 0.348 e. The number of carbonyl (C=O) groups excluding carboxylic acids is 2. The summed E-state index contributed by atoms with van der Waals surface area (Å²) in [5.41, 5.74) is 1.19. The average Bonchev–Trinajstić information content (AvgIpc) is 3.00. The first-order valence-corrected chi connectivity index (χ1v) is 11.0. The van der Waals surface area contributed by atoms with Gasteiger partial charge in [0.1, 0.15) is 22.8 Å². The Kier molecular flexibility index (Phi) is 8.36. The highest BCUT2D eigenvalue weighted by atomic mass is 79.9. The van der Waals surface area contributed by atoms with Crippen LogP contribution in [0.25, 0.3) is 6.08 Å². The number of carbonyl (C=O) groups is 2. The molecule has 0 aliphatic rings. The molecule has 6 nitrogen and oxygen atoms in total. The van der Waals surface area contributed by atoms with E-state index in [4.69, 9.17) is 9.47 Å². The first-order valence-electron chi connectivity index (χ1n) is 8.64. The van der Waals surface area contributed by atoms with Crippen molar-refractivity contribution in [2.75, 3.05) is 13.7 Å². The number of ether oxygens (including phenoxy) is 2. The molecule has 30 heavy (non-hydrogen) atoms.